The first kappa shape index (κ1) is 19.3. The molecule has 1 N–H and O–H groups in total. The fraction of sp³-hybridized carbons (Fsp3) is 0.455. The van der Waals surface area contributed by atoms with Gasteiger partial charge in [0.15, 0.2) is 0 Å². The molecule has 0 bridgehead atoms. The molecule has 0 atom stereocenters. The molecule has 3 heteroatoms. The molecule has 0 aliphatic carbocycles. The fourth-order valence-corrected chi connectivity index (χ4v) is 3.04. The molecular weight excluding hydrogens is 310 g/mol. The van der Waals surface area contributed by atoms with Crippen LogP contribution in [-0.4, -0.2) is 36.8 Å². The molecular formula is C22H31NO2. The Balaban J connectivity index is 1.89. The molecule has 0 aliphatic rings. The van der Waals surface area contributed by atoms with E-state index in [1.807, 2.05) is 18.2 Å². The van der Waals surface area contributed by atoms with Crippen molar-refractivity contribution in [2.45, 2.75) is 39.0 Å². The highest BCUT2D eigenvalue weighted by Crippen LogP contribution is 2.15. The molecule has 0 heterocycles. The lowest BCUT2D eigenvalue weighted by atomic mass is 10.1. The molecule has 2 rings (SSSR count). The molecule has 3 nitrogen and oxygen atoms in total. The van der Waals surface area contributed by atoms with Gasteiger partial charge in [-0.15, -0.1) is 0 Å². The summed E-state index contributed by atoms with van der Waals surface area (Å²) in [6, 6.07) is 15.9. The number of unbranched alkanes of at least 4 members (excludes halogenated alkanes) is 2. The summed E-state index contributed by atoms with van der Waals surface area (Å²) in [7, 11) is 1.71. The zero-order chi connectivity index (χ0) is 17.9. The lowest BCUT2D eigenvalue weighted by molar-refractivity contribution is 0.274. The normalized spacial score (nSPS) is 11.0. The Hall–Kier alpha value is -2.00. The number of nitrogens with zero attached hydrogens (tertiary/aromatic N) is 1. The second-order valence-electron chi connectivity index (χ2n) is 6.57. The second kappa shape index (κ2) is 10.8. The molecule has 0 saturated heterocycles. The van der Waals surface area contributed by atoms with Crippen LogP contribution in [0, 0.1) is 0 Å². The molecule has 0 spiro atoms. The van der Waals surface area contributed by atoms with Gasteiger partial charge in [0.05, 0.1) is 7.11 Å². The summed E-state index contributed by atoms with van der Waals surface area (Å²) in [6.07, 6.45) is 5.77. The van der Waals surface area contributed by atoms with Crippen molar-refractivity contribution in [3.05, 3.63) is 59.7 Å². The summed E-state index contributed by atoms with van der Waals surface area (Å²) >= 11 is 0. The number of hydrogen-bond acceptors (Lipinski definition) is 3. The monoisotopic (exact) mass is 341 g/mol. The maximum Gasteiger partial charge on any atom is 0.119 e. The van der Waals surface area contributed by atoms with Crippen LogP contribution in [-0.2, 0) is 12.8 Å². The number of hydrogen-bond donors (Lipinski definition) is 1. The summed E-state index contributed by atoms with van der Waals surface area (Å²) in [5.41, 5.74) is 2.51. The number of ether oxygens (including phenoxy) is 1. The third-order valence-corrected chi connectivity index (χ3v) is 4.56. The molecule has 0 radical (unpaired) electrons. The molecule has 25 heavy (non-hydrogen) atoms. The topological polar surface area (TPSA) is 32.7 Å². The highest BCUT2D eigenvalue weighted by molar-refractivity contribution is 5.29. The first-order valence-corrected chi connectivity index (χ1v) is 9.34. The number of rotatable bonds is 11. The number of phenolic OH excluding ortho intramolecular Hbond substituents is 1. The Labute approximate surface area is 152 Å². The van der Waals surface area contributed by atoms with Gasteiger partial charge in [-0.3, -0.25) is 0 Å². The summed E-state index contributed by atoms with van der Waals surface area (Å²) < 4.78 is 5.32. The smallest absolute Gasteiger partial charge is 0.119 e. The average Bonchev–Trinajstić information content (AvgIpc) is 2.64. The minimum Gasteiger partial charge on any atom is -0.508 e. The predicted molar refractivity (Wildman–Crippen MR) is 104 cm³/mol. The van der Waals surface area contributed by atoms with E-state index in [2.05, 4.69) is 36.1 Å². The van der Waals surface area contributed by atoms with Gasteiger partial charge in [-0.1, -0.05) is 44.0 Å². The third kappa shape index (κ3) is 7.18. The Morgan fingerprint density at radius 2 is 1.56 bits per heavy atom. The largest absolute Gasteiger partial charge is 0.508 e. The highest BCUT2D eigenvalue weighted by atomic mass is 16.5. The SMILES string of the molecule is CCCCCN(CCc1cccc(O)c1)CCc1cccc(OC)c1. The number of benzene rings is 2. The van der Waals surface area contributed by atoms with Crippen LogP contribution in [0.3, 0.4) is 0 Å². The van der Waals surface area contributed by atoms with Crippen LogP contribution in [0.1, 0.15) is 37.3 Å². The van der Waals surface area contributed by atoms with Gasteiger partial charge in [0, 0.05) is 13.1 Å². The summed E-state index contributed by atoms with van der Waals surface area (Å²) in [4.78, 5) is 2.54. The van der Waals surface area contributed by atoms with E-state index in [0.717, 1.165) is 38.2 Å². The second-order valence-corrected chi connectivity index (χ2v) is 6.57. The van der Waals surface area contributed by atoms with Gasteiger partial charge in [0.2, 0.25) is 0 Å². The lowest BCUT2D eigenvalue weighted by Crippen LogP contribution is -2.29. The quantitative estimate of drug-likeness (QED) is 0.603. The molecule has 0 fully saturated rings. The van der Waals surface area contributed by atoms with E-state index in [-0.39, 0.29) is 0 Å². The molecule has 0 saturated carbocycles. The maximum absolute atomic E-state index is 9.63. The van der Waals surface area contributed by atoms with E-state index < -0.39 is 0 Å². The van der Waals surface area contributed by atoms with E-state index in [1.54, 1.807) is 13.2 Å². The minimum absolute atomic E-state index is 0.353. The van der Waals surface area contributed by atoms with E-state index in [9.17, 15) is 5.11 Å². The van der Waals surface area contributed by atoms with Crippen LogP contribution in [0.5, 0.6) is 11.5 Å². The summed E-state index contributed by atoms with van der Waals surface area (Å²) in [5.74, 6) is 1.28. The predicted octanol–water partition coefficient (Wildman–Crippen LogP) is 4.68. The van der Waals surface area contributed by atoms with Gasteiger partial charge < -0.3 is 14.7 Å². The van der Waals surface area contributed by atoms with Gasteiger partial charge in [-0.25, -0.2) is 0 Å². The van der Waals surface area contributed by atoms with Crippen molar-refractivity contribution in [2.24, 2.45) is 0 Å². The van der Waals surface area contributed by atoms with Gasteiger partial charge in [-0.2, -0.15) is 0 Å². The van der Waals surface area contributed by atoms with E-state index in [0.29, 0.717) is 5.75 Å². The zero-order valence-corrected chi connectivity index (χ0v) is 15.6. The Bertz CT molecular complexity index is 627. The van der Waals surface area contributed by atoms with Crippen LogP contribution in [0.2, 0.25) is 0 Å². The lowest BCUT2D eigenvalue weighted by Gasteiger charge is -2.22. The fourth-order valence-electron chi connectivity index (χ4n) is 3.04. The summed E-state index contributed by atoms with van der Waals surface area (Å²) in [6.45, 7) is 5.46. The van der Waals surface area contributed by atoms with Gasteiger partial charge in [0.1, 0.15) is 11.5 Å². The molecule has 0 unspecified atom stereocenters. The van der Waals surface area contributed by atoms with E-state index in [4.69, 9.17) is 4.74 Å². The number of methoxy groups -OCH3 is 1. The van der Waals surface area contributed by atoms with Crippen molar-refractivity contribution in [3.63, 3.8) is 0 Å². The molecule has 0 aliphatic heterocycles. The number of aromatic hydroxyl groups is 1. The Morgan fingerprint density at radius 1 is 0.880 bits per heavy atom. The van der Waals surface area contributed by atoms with Crippen molar-refractivity contribution >= 4 is 0 Å². The van der Waals surface area contributed by atoms with Crippen molar-refractivity contribution in [2.75, 3.05) is 26.7 Å². The van der Waals surface area contributed by atoms with Gasteiger partial charge in [0.25, 0.3) is 0 Å². The van der Waals surface area contributed by atoms with E-state index in [1.165, 1.54) is 30.4 Å². The molecule has 0 aromatic heterocycles. The average molecular weight is 341 g/mol. The van der Waals surface area contributed by atoms with Crippen LogP contribution >= 0.6 is 0 Å². The molecule has 136 valence electrons. The summed E-state index contributed by atoms with van der Waals surface area (Å²) in [5, 5.41) is 9.63. The molecule has 0 amide bonds. The van der Waals surface area contributed by atoms with Crippen molar-refractivity contribution in [3.8, 4) is 11.5 Å². The maximum atomic E-state index is 9.63. The highest BCUT2D eigenvalue weighted by Gasteiger charge is 2.07. The first-order chi connectivity index (χ1) is 12.2. The minimum atomic E-state index is 0.353. The number of phenols is 1. The van der Waals surface area contributed by atoms with Crippen molar-refractivity contribution in [1.82, 2.24) is 4.90 Å². The first-order valence-electron chi connectivity index (χ1n) is 9.34. The standard InChI is InChI=1S/C22H31NO2/c1-3-4-5-14-23(15-12-19-8-6-10-21(24)17-19)16-13-20-9-7-11-22(18-20)25-2/h6-11,17-18,24H,3-5,12-16H2,1-2H3. The third-order valence-electron chi connectivity index (χ3n) is 4.56. The van der Waals surface area contributed by atoms with Crippen molar-refractivity contribution < 1.29 is 9.84 Å². The molecule has 2 aromatic rings. The van der Waals surface area contributed by atoms with Gasteiger partial charge in [-0.05, 0) is 61.2 Å². The van der Waals surface area contributed by atoms with Crippen LogP contribution < -0.4 is 4.74 Å². The van der Waals surface area contributed by atoms with E-state index >= 15 is 0 Å². The van der Waals surface area contributed by atoms with Crippen molar-refractivity contribution in [1.29, 1.82) is 0 Å². The van der Waals surface area contributed by atoms with Gasteiger partial charge >= 0.3 is 0 Å². The molecule has 2 aromatic carbocycles. The van der Waals surface area contributed by atoms with Crippen LogP contribution in [0.4, 0.5) is 0 Å². The zero-order valence-electron chi connectivity index (χ0n) is 15.6. The Kier molecular flexibility index (Phi) is 8.33. The van der Waals surface area contributed by atoms with Crippen LogP contribution in [0.25, 0.3) is 0 Å². The Morgan fingerprint density at radius 3 is 2.20 bits per heavy atom. The van der Waals surface area contributed by atoms with Crippen LogP contribution in [0.15, 0.2) is 48.5 Å².